The topological polar surface area (TPSA) is 17.8 Å². The van der Waals surface area contributed by atoms with Gasteiger partial charge in [-0.3, -0.25) is 4.57 Å². The molecule has 1 unspecified atom stereocenters. The van der Waals surface area contributed by atoms with Crippen molar-refractivity contribution in [1.29, 1.82) is 0 Å². The van der Waals surface area contributed by atoms with E-state index in [0.717, 1.165) is 32.6 Å². The maximum absolute atomic E-state index is 6.34. The lowest BCUT2D eigenvalue weighted by Gasteiger charge is -2.12. The summed E-state index contributed by atoms with van der Waals surface area (Å²) in [5, 5.41) is -0.158. The summed E-state index contributed by atoms with van der Waals surface area (Å²) in [6.07, 6.45) is 0. The van der Waals surface area contributed by atoms with Gasteiger partial charge in [-0.25, -0.2) is 4.98 Å². The molecule has 102 valence electrons. The molecule has 0 bridgehead atoms. The van der Waals surface area contributed by atoms with Crippen LogP contribution in [0.25, 0.3) is 16.7 Å². The second-order valence-electron chi connectivity index (χ2n) is 4.82. The van der Waals surface area contributed by atoms with E-state index in [9.17, 15) is 0 Å². The van der Waals surface area contributed by atoms with Gasteiger partial charge in [-0.05, 0) is 53.5 Å². The van der Waals surface area contributed by atoms with E-state index in [1.165, 1.54) is 0 Å². The highest BCUT2D eigenvalue weighted by atomic mass is 79.9. The Morgan fingerprint density at radius 3 is 2.60 bits per heavy atom. The van der Waals surface area contributed by atoms with Crippen molar-refractivity contribution in [2.24, 2.45) is 0 Å². The SMILES string of the molecule is Cc1cccc2c1nc(C(C)Cl)n2-c1ccccc1Br. The van der Waals surface area contributed by atoms with Crippen LogP contribution in [0.5, 0.6) is 0 Å². The van der Waals surface area contributed by atoms with Crippen LogP contribution < -0.4 is 0 Å². The number of nitrogens with zero attached hydrogens (tertiary/aromatic N) is 2. The van der Waals surface area contributed by atoms with E-state index in [0.29, 0.717) is 0 Å². The van der Waals surface area contributed by atoms with Crippen LogP contribution in [-0.2, 0) is 0 Å². The summed E-state index contributed by atoms with van der Waals surface area (Å²) >= 11 is 9.95. The fourth-order valence-electron chi connectivity index (χ4n) is 2.41. The Morgan fingerprint density at radius 1 is 1.15 bits per heavy atom. The number of para-hydroxylation sites is 2. The number of benzene rings is 2. The first-order valence-corrected chi connectivity index (χ1v) is 7.69. The van der Waals surface area contributed by atoms with Gasteiger partial charge in [0.05, 0.1) is 22.1 Å². The molecular formula is C16H14BrClN2. The zero-order valence-electron chi connectivity index (χ0n) is 11.3. The lowest BCUT2D eigenvalue weighted by molar-refractivity contribution is 0.880. The van der Waals surface area contributed by atoms with Crippen molar-refractivity contribution in [3.05, 3.63) is 58.3 Å². The van der Waals surface area contributed by atoms with Crippen LogP contribution >= 0.6 is 27.5 Å². The zero-order chi connectivity index (χ0) is 14.3. The molecule has 0 amide bonds. The fourth-order valence-corrected chi connectivity index (χ4v) is 3.02. The molecule has 0 N–H and O–H groups in total. The van der Waals surface area contributed by atoms with Crippen LogP contribution in [0.4, 0.5) is 0 Å². The third-order valence-corrected chi connectivity index (χ3v) is 4.23. The van der Waals surface area contributed by atoms with E-state index in [4.69, 9.17) is 16.6 Å². The number of alkyl halides is 1. The molecule has 1 heterocycles. The van der Waals surface area contributed by atoms with Crippen LogP contribution in [0.1, 0.15) is 23.7 Å². The molecular weight excluding hydrogens is 336 g/mol. The van der Waals surface area contributed by atoms with Gasteiger partial charge >= 0.3 is 0 Å². The summed E-state index contributed by atoms with van der Waals surface area (Å²) in [6, 6.07) is 14.3. The normalized spacial score (nSPS) is 12.8. The van der Waals surface area contributed by atoms with Crippen LogP contribution in [0.2, 0.25) is 0 Å². The molecule has 0 aliphatic rings. The summed E-state index contributed by atoms with van der Waals surface area (Å²) in [5.74, 6) is 0.864. The van der Waals surface area contributed by atoms with E-state index < -0.39 is 0 Å². The van der Waals surface area contributed by atoms with Gasteiger partial charge in [-0.15, -0.1) is 11.6 Å². The summed E-state index contributed by atoms with van der Waals surface area (Å²) in [7, 11) is 0. The molecule has 1 aromatic heterocycles. The van der Waals surface area contributed by atoms with E-state index in [-0.39, 0.29) is 5.38 Å². The second-order valence-corrected chi connectivity index (χ2v) is 6.32. The standard InChI is InChI=1S/C16H14BrClN2/c1-10-6-5-9-14-15(10)19-16(11(2)18)20(14)13-8-4-3-7-12(13)17/h3-9,11H,1-2H3. The summed E-state index contributed by atoms with van der Waals surface area (Å²) < 4.78 is 3.16. The molecule has 0 aliphatic carbocycles. The number of rotatable bonds is 2. The minimum absolute atomic E-state index is 0.158. The molecule has 0 fully saturated rings. The Bertz CT molecular complexity index is 777. The third-order valence-electron chi connectivity index (χ3n) is 3.36. The molecule has 2 aromatic carbocycles. The fraction of sp³-hybridized carbons (Fsp3) is 0.188. The number of fused-ring (bicyclic) bond motifs is 1. The van der Waals surface area contributed by atoms with Crippen LogP contribution in [0, 0.1) is 6.92 Å². The molecule has 3 aromatic rings. The van der Waals surface area contributed by atoms with Gasteiger partial charge < -0.3 is 0 Å². The molecule has 0 saturated carbocycles. The minimum atomic E-state index is -0.158. The molecule has 0 aliphatic heterocycles. The Morgan fingerprint density at radius 2 is 1.90 bits per heavy atom. The predicted octanol–water partition coefficient (Wildman–Crippen LogP) is 5.40. The highest BCUT2D eigenvalue weighted by molar-refractivity contribution is 9.10. The highest BCUT2D eigenvalue weighted by Crippen LogP contribution is 2.32. The van der Waals surface area contributed by atoms with Gasteiger partial charge in [0.2, 0.25) is 0 Å². The predicted molar refractivity (Wildman–Crippen MR) is 87.8 cm³/mol. The first kappa shape index (κ1) is 13.7. The number of hydrogen-bond acceptors (Lipinski definition) is 1. The largest absolute Gasteiger partial charge is 0.294 e. The average molecular weight is 350 g/mol. The van der Waals surface area contributed by atoms with Gasteiger partial charge in [0.15, 0.2) is 0 Å². The van der Waals surface area contributed by atoms with E-state index in [2.05, 4.69) is 51.7 Å². The van der Waals surface area contributed by atoms with E-state index in [1.54, 1.807) is 0 Å². The third kappa shape index (κ3) is 2.15. The monoisotopic (exact) mass is 348 g/mol. The van der Waals surface area contributed by atoms with Gasteiger partial charge in [-0.2, -0.15) is 0 Å². The lowest BCUT2D eigenvalue weighted by atomic mass is 10.2. The van der Waals surface area contributed by atoms with Crippen LogP contribution in [0.15, 0.2) is 46.9 Å². The highest BCUT2D eigenvalue weighted by Gasteiger charge is 2.18. The van der Waals surface area contributed by atoms with Gasteiger partial charge in [-0.1, -0.05) is 24.3 Å². The Balaban J connectivity index is 2.42. The quantitative estimate of drug-likeness (QED) is 0.567. The molecule has 0 saturated heterocycles. The average Bonchev–Trinajstić information content (AvgIpc) is 2.80. The summed E-state index contributed by atoms with van der Waals surface area (Å²) in [5.41, 5.74) is 4.31. The van der Waals surface area contributed by atoms with Crippen molar-refractivity contribution in [1.82, 2.24) is 9.55 Å². The first-order chi connectivity index (χ1) is 9.59. The number of aryl methyl sites for hydroxylation is 1. The van der Waals surface area contributed by atoms with Crippen LogP contribution in [-0.4, -0.2) is 9.55 Å². The van der Waals surface area contributed by atoms with E-state index >= 15 is 0 Å². The first-order valence-electron chi connectivity index (χ1n) is 6.46. The molecule has 1 atom stereocenters. The van der Waals surface area contributed by atoms with Crippen LogP contribution in [0.3, 0.4) is 0 Å². The molecule has 0 radical (unpaired) electrons. The van der Waals surface area contributed by atoms with E-state index in [1.807, 2.05) is 25.1 Å². The Kier molecular flexibility index (Phi) is 3.57. The van der Waals surface area contributed by atoms with Gasteiger partial charge in [0.25, 0.3) is 0 Å². The maximum Gasteiger partial charge on any atom is 0.132 e. The van der Waals surface area contributed by atoms with Crippen molar-refractivity contribution in [2.45, 2.75) is 19.2 Å². The maximum atomic E-state index is 6.34. The number of aromatic nitrogens is 2. The molecule has 3 rings (SSSR count). The number of halogens is 2. The van der Waals surface area contributed by atoms with Gasteiger partial charge in [0.1, 0.15) is 5.82 Å². The smallest absolute Gasteiger partial charge is 0.132 e. The lowest BCUT2D eigenvalue weighted by Crippen LogP contribution is -2.02. The molecule has 20 heavy (non-hydrogen) atoms. The van der Waals surface area contributed by atoms with Crippen molar-refractivity contribution in [2.75, 3.05) is 0 Å². The Labute approximate surface area is 131 Å². The minimum Gasteiger partial charge on any atom is -0.294 e. The van der Waals surface area contributed by atoms with Gasteiger partial charge in [0, 0.05) is 4.47 Å². The molecule has 0 spiro atoms. The number of hydrogen-bond donors (Lipinski definition) is 0. The van der Waals surface area contributed by atoms with Crippen molar-refractivity contribution < 1.29 is 0 Å². The molecule has 4 heteroatoms. The number of imidazole rings is 1. The Hall–Kier alpha value is -1.32. The van der Waals surface area contributed by atoms with Crippen molar-refractivity contribution in [3.63, 3.8) is 0 Å². The zero-order valence-corrected chi connectivity index (χ0v) is 13.6. The molecule has 2 nitrogen and oxygen atoms in total. The second kappa shape index (κ2) is 5.23. The van der Waals surface area contributed by atoms with Crippen molar-refractivity contribution >= 4 is 38.6 Å². The summed E-state index contributed by atoms with van der Waals surface area (Å²) in [6.45, 7) is 4.02. The van der Waals surface area contributed by atoms with Crippen molar-refractivity contribution in [3.8, 4) is 5.69 Å². The summed E-state index contributed by atoms with van der Waals surface area (Å²) in [4.78, 5) is 4.74.